The van der Waals surface area contributed by atoms with E-state index in [-0.39, 0.29) is 24.2 Å². The molecule has 8 heteroatoms. The van der Waals surface area contributed by atoms with Crippen molar-refractivity contribution >= 4 is 23.6 Å². The summed E-state index contributed by atoms with van der Waals surface area (Å²) in [6.07, 6.45) is 3.54. The minimum Gasteiger partial charge on any atom is -0.461 e. The van der Waals surface area contributed by atoms with Crippen molar-refractivity contribution in [3.05, 3.63) is 41.2 Å². The Morgan fingerprint density at radius 1 is 1.36 bits per heavy atom. The fourth-order valence-electron chi connectivity index (χ4n) is 3.09. The van der Waals surface area contributed by atoms with Crippen molar-refractivity contribution in [3.63, 3.8) is 0 Å². The highest BCUT2D eigenvalue weighted by atomic mass is 32.2. The number of likely N-dealkylation sites (tertiary alicyclic amines) is 1. The van der Waals surface area contributed by atoms with Gasteiger partial charge in [0.2, 0.25) is 0 Å². The lowest BCUT2D eigenvalue weighted by Crippen LogP contribution is -2.32. The maximum Gasteiger partial charge on any atom is 0.360 e. The molecule has 0 radical (unpaired) electrons. The molecule has 2 heterocycles. The second-order valence-corrected chi connectivity index (χ2v) is 6.48. The third-order valence-corrected chi connectivity index (χ3v) is 5.01. The van der Waals surface area contributed by atoms with E-state index in [2.05, 4.69) is 15.4 Å². The van der Waals surface area contributed by atoms with Gasteiger partial charge in [0.25, 0.3) is 5.91 Å². The topological polar surface area (TPSA) is 88.2 Å². The van der Waals surface area contributed by atoms with Crippen LogP contribution in [0.15, 0.2) is 29.2 Å². The molecule has 25 heavy (non-hydrogen) atoms. The number of nitrogens with zero attached hydrogens (tertiary/aromatic N) is 3. The van der Waals surface area contributed by atoms with Gasteiger partial charge in [-0.15, -0.1) is 16.9 Å². The maximum atomic E-state index is 13.1. The summed E-state index contributed by atoms with van der Waals surface area (Å²) in [5.41, 5.74) is 1.30. The third-order valence-electron chi connectivity index (χ3n) is 4.21. The molecule has 0 aliphatic carbocycles. The SMILES string of the molecule is CCOC(=O)c1n[nH]nc1C1CCCN1C(=O)c1ccccc1SC. The van der Waals surface area contributed by atoms with Crippen molar-refractivity contribution < 1.29 is 14.3 Å². The Bertz CT molecular complexity index is 777. The Morgan fingerprint density at radius 2 is 2.16 bits per heavy atom. The molecule has 2 aromatic rings. The molecule has 0 spiro atoms. The average Bonchev–Trinajstić information content (AvgIpc) is 3.29. The number of aromatic nitrogens is 3. The summed E-state index contributed by atoms with van der Waals surface area (Å²) in [4.78, 5) is 27.9. The van der Waals surface area contributed by atoms with Crippen molar-refractivity contribution in [1.29, 1.82) is 0 Å². The monoisotopic (exact) mass is 360 g/mol. The number of amides is 1. The molecule has 0 bridgehead atoms. The molecule has 7 nitrogen and oxygen atoms in total. The Hall–Kier alpha value is -2.35. The molecule has 1 saturated heterocycles. The molecule has 1 aromatic carbocycles. The predicted octanol–water partition coefficient (Wildman–Crippen LogP) is 2.68. The second-order valence-electron chi connectivity index (χ2n) is 5.63. The normalized spacial score (nSPS) is 16.9. The number of hydrogen-bond acceptors (Lipinski definition) is 6. The molecule has 1 unspecified atom stereocenters. The summed E-state index contributed by atoms with van der Waals surface area (Å²) in [5.74, 6) is -0.569. The van der Waals surface area contributed by atoms with E-state index in [0.717, 1.165) is 17.7 Å². The van der Waals surface area contributed by atoms with Gasteiger partial charge in [-0.1, -0.05) is 12.1 Å². The maximum absolute atomic E-state index is 13.1. The van der Waals surface area contributed by atoms with Gasteiger partial charge in [0.15, 0.2) is 5.69 Å². The first-order valence-electron chi connectivity index (χ1n) is 8.19. The molecule has 3 rings (SSSR count). The lowest BCUT2D eigenvalue weighted by atomic mass is 10.1. The largest absolute Gasteiger partial charge is 0.461 e. The molecule has 1 N–H and O–H groups in total. The van der Waals surface area contributed by atoms with Crippen LogP contribution in [0.2, 0.25) is 0 Å². The van der Waals surface area contributed by atoms with Crippen LogP contribution in [0.3, 0.4) is 0 Å². The number of thioether (sulfide) groups is 1. The van der Waals surface area contributed by atoms with Crippen molar-refractivity contribution in [2.75, 3.05) is 19.4 Å². The summed E-state index contributed by atoms with van der Waals surface area (Å²) in [6, 6.07) is 7.26. The molecule has 1 aromatic heterocycles. The van der Waals surface area contributed by atoms with Crippen LogP contribution in [-0.2, 0) is 4.74 Å². The number of benzene rings is 1. The minimum atomic E-state index is -0.518. The van der Waals surface area contributed by atoms with Crippen molar-refractivity contribution in [1.82, 2.24) is 20.3 Å². The van der Waals surface area contributed by atoms with Gasteiger partial charge in [0, 0.05) is 11.4 Å². The van der Waals surface area contributed by atoms with Crippen LogP contribution in [0.5, 0.6) is 0 Å². The van der Waals surface area contributed by atoms with Gasteiger partial charge in [0.1, 0.15) is 5.69 Å². The van der Waals surface area contributed by atoms with Crippen LogP contribution < -0.4 is 0 Å². The Kier molecular flexibility index (Phi) is 5.37. The number of rotatable bonds is 5. The lowest BCUT2D eigenvalue weighted by molar-refractivity contribution is 0.0512. The Labute approximate surface area is 150 Å². The fraction of sp³-hybridized carbons (Fsp3) is 0.412. The first-order valence-corrected chi connectivity index (χ1v) is 9.41. The number of carbonyl (C=O) groups excluding carboxylic acids is 2. The Balaban J connectivity index is 1.90. The number of carbonyl (C=O) groups is 2. The third kappa shape index (κ3) is 3.39. The molecule has 1 amide bonds. The van der Waals surface area contributed by atoms with Gasteiger partial charge in [-0.25, -0.2) is 4.79 Å². The van der Waals surface area contributed by atoms with Crippen LogP contribution in [0, 0.1) is 0 Å². The quantitative estimate of drug-likeness (QED) is 0.651. The number of H-pyrrole nitrogens is 1. The van der Waals surface area contributed by atoms with Gasteiger partial charge < -0.3 is 9.64 Å². The second kappa shape index (κ2) is 7.69. The zero-order valence-corrected chi connectivity index (χ0v) is 15.0. The first kappa shape index (κ1) is 17.5. The number of ether oxygens (including phenoxy) is 1. The zero-order valence-electron chi connectivity index (χ0n) is 14.2. The van der Waals surface area contributed by atoms with E-state index >= 15 is 0 Å². The molecular formula is C17H20N4O3S. The van der Waals surface area contributed by atoms with Crippen LogP contribution in [0.4, 0.5) is 0 Å². The fourth-order valence-corrected chi connectivity index (χ4v) is 3.68. The molecule has 1 aliphatic rings. The van der Waals surface area contributed by atoms with Crippen LogP contribution in [-0.4, -0.2) is 51.6 Å². The van der Waals surface area contributed by atoms with E-state index in [1.165, 1.54) is 0 Å². The van der Waals surface area contributed by atoms with E-state index in [0.29, 0.717) is 17.8 Å². The van der Waals surface area contributed by atoms with E-state index in [9.17, 15) is 9.59 Å². The van der Waals surface area contributed by atoms with Crippen molar-refractivity contribution in [2.24, 2.45) is 0 Å². The van der Waals surface area contributed by atoms with E-state index in [1.54, 1.807) is 23.6 Å². The molecule has 1 aliphatic heterocycles. The minimum absolute atomic E-state index is 0.0507. The highest BCUT2D eigenvalue weighted by Crippen LogP contribution is 2.34. The smallest absolute Gasteiger partial charge is 0.360 e. The van der Waals surface area contributed by atoms with Crippen molar-refractivity contribution in [2.45, 2.75) is 30.7 Å². The first-order chi connectivity index (χ1) is 12.2. The van der Waals surface area contributed by atoms with Crippen LogP contribution in [0.1, 0.15) is 52.3 Å². The van der Waals surface area contributed by atoms with E-state index in [1.807, 2.05) is 30.5 Å². The average molecular weight is 360 g/mol. The van der Waals surface area contributed by atoms with Gasteiger partial charge in [-0.05, 0) is 38.2 Å². The summed E-state index contributed by atoms with van der Waals surface area (Å²) in [5, 5.41) is 10.6. The van der Waals surface area contributed by atoms with E-state index in [4.69, 9.17) is 4.74 Å². The van der Waals surface area contributed by atoms with Crippen molar-refractivity contribution in [3.8, 4) is 0 Å². The standard InChI is InChI=1S/C17H20N4O3S/c1-3-24-17(23)15-14(18-20-19-15)12-8-6-10-21(12)16(22)11-7-4-5-9-13(11)25-2/h4-5,7,9,12H,3,6,8,10H2,1-2H3,(H,18,19,20). The number of aromatic amines is 1. The predicted molar refractivity (Wildman–Crippen MR) is 93.6 cm³/mol. The van der Waals surface area contributed by atoms with Crippen LogP contribution >= 0.6 is 11.8 Å². The van der Waals surface area contributed by atoms with Gasteiger partial charge in [0.05, 0.1) is 18.2 Å². The molecule has 132 valence electrons. The van der Waals surface area contributed by atoms with Gasteiger partial charge in [-0.3, -0.25) is 4.79 Å². The molecule has 1 fully saturated rings. The summed E-state index contributed by atoms with van der Waals surface area (Å²) in [7, 11) is 0. The number of nitrogens with one attached hydrogen (secondary N) is 1. The van der Waals surface area contributed by atoms with E-state index < -0.39 is 5.97 Å². The summed E-state index contributed by atoms with van der Waals surface area (Å²) < 4.78 is 5.04. The lowest BCUT2D eigenvalue weighted by Gasteiger charge is -2.24. The highest BCUT2D eigenvalue weighted by molar-refractivity contribution is 7.98. The molecule has 0 saturated carbocycles. The Morgan fingerprint density at radius 3 is 2.92 bits per heavy atom. The summed E-state index contributed by atoms with van der Waals surface area (Å²) >= 11 is 1.54. The molecule has 1 atom stereocenters. The van der Waals surface area contributed by atoms with Gasteiger partial charge >= 0.3 is 5.97 Å². The zero-order chi connectivity index (χ0) is 17.8. The highest BCUT2D eigenvalue weighted by Gasteiger charge is 2.36. The molecular weight excluding hydrogens is 340 g/mol. The number of hydrogen-bond donors (Lipinski definition) is 1. The van der Waals surface area contributed by atoms with Gasteiger partial charge in [-0.2, -0.15) is 10.3 Å². The number of esters is 1. The summed E-state index contributed by atoms with van der Waals surface area (Å²) in [6.45, 7) is 2.63. The van der Waals surface area contributed by atoms with Crippen LogP contribution in [0.25, 0.3) is 0 Å².